The summed E-state index contributed by atoms with van der Waals surface area (Å²) >= 11 is 0. The fraction of sp³-hybridized carbons (Fsp3) is 0.391. The molecule has 31 heavy (non-hydrogen) atoms. The molecule has 2 amide bonds. The van der Waals surface area contributed by atoms with Gasteiger partial charge in [0.05, 0.1) is 17.1 Å². The minimum Gasteiger partial charge on any atom is -0.352 e. The van der Waals surface area contributed by atoms with Crippen LogP contribution in [0.1, 0.15) is 43.6 Å². The first-order valence-electron chi connectivity index (χ1n) is 10.5. The standard InChI is InChI=1S/C23H29N3O4S/c1-5-25(15-22(27)24-16(2)3)23(28)19-10-8-11-20(14-19)31(29,30)26-17(4)13-18-9-6-7-12-21(18)26/h6-12,14,16-17H,5,13,15H2,1-4H3,(H,24,27). The zero-order chi connectivity index (χ0) is 22.8. The number of fused-ring (bicyclic) bond motifs is 1. The normalized spacial score (nSPS) is 15.6. The SMILES string of the molecule is CCN(CC(=O)NC(C)C)C(=O)c1cccc(S(=O)(=O)N2c3ccccc3CC2C)c1. The van der Waals surface area contributed by atoms with Crippen molar-refractivity contribution in [2.75, 3.05) is 17.4 Å². The first kappa shape index (κ1) is 22.8. The van der Waals surface area contributed by atoms with Gasteiger partial charge in [0.2, 0.25) is 5.91 Å². The summed E-state index contributed by atoms with van der Waals surface area (Å²) in [6, 6.07) is 13.3. The van der Waals surface area contributed by atoms with Crippen molar-refractivity contribution in [2.45, 2.75) is 51.1 Å². The first-order valence-corrected chi connectivity index (χ1v) is 11.9. The van der Waals surface area contributed by atoms with Gasteiger partial charge in [-0.25, -0.2) is 8.42 Å². The number of benzene rings is 2. The second-order valence-corrected chi connectivity index (χ2v) is 9.87. The summed E-state index contributed by atoms with van der Waals surface area (Å²) in [5.74, 6) is -0.634. The zero-order valence-corrected chi connectivity index (χ0v) is 19.1. The Morgan fingerprint density at radius 1 is 1.16 bits per heavy atom. The fourth-order valence-corrected chi connectivity index (χ4v) is 5.60. The molecule has 0 saturated heterocycles. The number of sulfonamides is 1. The van der Waals surface area contributed by atoms with Gasteiger partial charge in [-0.05, 0) is 63.9 Å². The van der Waals surface area contributed by atoms with Crippen LogP contribution in [0, 0.1) is 0 Å². The van der Waals surface area contributed by atoms with Crippen LogP contribution < -0.4 is 9.62 Å². The van der Waals surface area contributed by atoms with Crippen LogP contribution in [0.25, 0.3) is 0 Å². The predicted octanol–water partition coefficient (Wildman–Crippen LogP) is 2.81. The third kappa shape index (κ3) is 4.74. The van der Waals surface area contributed by atoms with E-state index in [1.165, 1.54) is 21.3 Å². The molecule has 0 aliphatic carbocycles. The highest BCUT2D eigenvalue weighted by Gasteiger charge is 2.36. The van der Waals surface area contributed by atoms with Crippen LogP contribution in [0.2, 0.25) is 0 Å². The summed E-state index contributed by atoms with van der Waals surface area (Å²) in [5, 5.41) is 2.77. The third-order valence-corrected chi connectivity index (χ3v) is 7.16. The molecule has 0 fully saturated rings. The molecule has 0 bridgehead atoms. The summed E-state index contributed by atoms with van der Waals surface area (Å²) in [6.45, 7) is 7.60. The van der Waals surface area contributed by atoms with Gasteiger partial charge in [0.25, 0.3) is 15.9 Å². The van der Waals surface area contributed by atoms with E-state index in [-0.39, 0.29) is 40.9 Å². The molecule has 1 N–H and O–H groups in total. The molecular formula is C23H29N3O4S. The van der Waals surface area contributed by atoms with Gasteiger partial charge >= 0.3 is 0 Å². The molecule has 2 aromatic rings. The van der Waals surface area contributed by atoms with Crippen LogP contribution in [0.3, 0.4) is 0 Å². The van der Waals surface area contributed by atoms with Gasteiger partial charge in [0.15, 0.2) is 0 Å². The number of nitrogens with zero attached hydrogens (tertiary/aromatic N) is 2. The van der Waals surface area contributed by atoms with E-state index in [0.717, 1.165) is 5.56 Å². The molecule has 1 aliphatic rings. The van der Waals surface area contributed by atoms with Crippen molar-refractivity contribution in [3.8, 4) is 0 Å². The van der Waals surface area contributed by atoms with E-state index < -0.39 is 10.0 Å². The molecule has 1 heterocycles. The molecular weight excluding hydrogens is 414 g/mol. The molecule has 0 aromatic heterocycles. The summed E-state index contributed by atoms with van der Waals surface area (Å²) < 4.78 is 28.3. The van der Waals surface area contributed by atoms with E-state index in [1.807, 2.05) is 39.0 Å². The molecule has 3 rings (SSSR count). The first-order chi connectivity index (χ1) is 14.6. The van der Waals surface area contributed by atoms with Gasteiger partial charge in [-0.3, -0.25) is 13.9 Å². The van der Waals surface area contributed by atoms with Gasteiger partial charge in [-0.1, -0.05) is 24.3 Å². The molecule has 0 spiro atoms. The minimum absolute atomic E-state index is 0.0277. The minimum atomic E-state index is -3.85. The predicted molar refractivity (Wildman–Crippen MR) is 121 cm³/mol. The lowest BCUT2D eigenvalue weighted by atomic mass is 10.1. The summed E-state index contributed by atoms with van der Waals surface area (Å²) in [5.41, 5.74) is 1.90. The van der Waals surface area contributed by atoms with E-state index in [1.54, 1.807) is 25.1 Å². The van der Waals surface area contributed by atoms with Gasteiger partial charge in [0.1, 0.15) is 0 Å². The van der Waals surface area contributed by atoms with Crippen LogP contribution in [0.4, 0.5) is 5.69 Å². The molecule has 2 aromatic carbocycles. The molecule has 8 heteroatoms. The van der Waals surface area contributed by atoms with E-state index in [4.69, 9.17) is 0 Å². The quantitative estimate of drug-likeness (QED) is 0.713. The molecule has 1 aliphatic heterocycles. The number of carbonyl (C=O) groups is 2. The Hall–Kier alpha value is -2.87. The Labute approximate surface area is 184 Å². The van der Waals surface area contributed by atoms with E-state index in [2.05, 4.69) is 5.32 Å². The molecule has 1 atom stereocenters. The maximum atomic E-state index is 13.5. The number of hydrogen-bond donors (Lipinski definition) is 1. The van der Waals surface area contributed by atoms with E-state index in [9.17, 15) is 18.0 Å². The van der Waals surface area contributed by atoms with Crippen molar-refractivity contribution >= 4 is 27.5 Å². The van der Waals surface area contributed by atoms with E-state index in [0.29, 0.717) is 18.7 Å². The average molecular weight is 444 g/mol. The van der Waals surface area contributed by atoms with Gasteiger partial charge < -0.3 is 10.2 Å². The summed E-state index contributed by atoms with van der Waals surface area (Å²) in [6.07, 6.45) is 0.641. The van der Waals surface area contributed by atoms with Crippen LogP contribution in [0.5, 0.6) is 0 Å². The topological polar surface area (TPSA) is 86.8 Å². The van der Waals surface area contributed by atoms with E-state index >= 15 is 0 Å². The van der Waals surface area contributed by atoms with Gasteiger partial charge in [0, 0.05) is 24.2 Å². The second kappa shape index (κ2) is 9.09. The van der Waals surface area contributed by atoms with Crippen molar-refractivity contribution in [2.24, 2.45) is 0 Å². The Kier molecular flexibility index (Phi) is 6.69. The third-order valence-electron chi connectivity index (χ3n) is 5.24. The number of nitrogens with one attached hydrogen (secondary N) is 1. The zero-order valence-electron chi connectivity index (χ0n) is 18.3. The Balaban J connectivity index is 1.89. The summed E-state index contributed by atoms with van der Waals surface area (Å²) in [7, 11) is -3.85. The molecule has 7 nitrogen and oxygen atoms in total. The number of amides is 2. The Bertz CT molecular complexity index is 1080. The largest absolute Gasteiger partial charge is 0.352 e. The summed E-state index contributed by atoms with van der Waals surface area (Å²) in [4.78, 5) is 26.6. The number of hydrogen-bond acceptors (Lipinski definition) is 4. The molecule has 0 radical (unpaired) electrons. The monoisotopic (exact) mass is 443 g/mol. The maximum Gasteiger partial charge on any atom is 0.264 e. The van der Waals surface area contributed by atoms with Crippen LogP contribution in [-0.4, -0.2) is 50.3 Å². The van der Waals surface area contributed by atoms with Crippen LogP contribution in [0.15, 0.2) is 53.4 Å². The Morgan fingerprint density at radius 2 is 1.87 bits per heavy atom. The second-order valence-electron chi connectivity index (χ2n) is 8.05. The Morgan fingerprint density at radius 3 is 2.55 bits per heavy atom. The maximum absolute atomic E-state index is 13.5. The lowest BCUT2D eigenvalue weighted by Gasteiger charge is -2.25. The highest BCUT2D eigenvalue weighted by atomic mass is 32.2. The van der Waals surface area contributed by atoms with Crippen molar-refractivity contribution in [3.63, 3.8) is 0 Å². The molecule has 166 valence electrons. The fourth-order valence-electron chi connectivity index (χ4n) is 3.86. The number of anilines is 1. The van der Waals surface area contributed by atoms with Crippen LogP contribution in [-0.2, 0) is 21.2 Å². The van der Waals surface area contributed by atoms with Crippen molar-refractivity contribution in [1.29, 1.82) is 0 Å². The number of para-hydroxylation sites is 1. The lowest BCUT2D eigenvalue weighted by Crippen LogP contribution is -2.42. The van der Waals surface area contributed by atoms with Crippen molar-refractivity contribution in [3.05, 3.63) is 59.7 Å². The van der Waals surface area contributed by atoms with Crippen molar-refractivity contribution < 1.29 is 18.0 Å². The smallest absolute Gasteiger partial charge is 0.264 e. The number of rotatable bonds is 7. The highest BCUT2D eigenvalue weighted by Crippen LogP contribution is 2.36. The average Bonchev–Trinajstić information content (AvgIpc) is 3.07. The molecule has 1 unspecified atom stereocenters. The highest BCUT2D eigenvalue weighted by molar-refractivity contribution is 7.92. The number of likely N-dealkylation sites (N-methyl/N-ethyl adjacent to an activating group) is 1. The lowest BCUT2D eigenvalue weighted by molar-refractivity contribution is -0.122. The van der Waals surface area contributed by atoms with Gasteiger partial charge in [-0.15, -0.1) is 0 Å². The van der Waals surface area contributed by atoms with Crippen molar-refractivity contribution in [1.82, 2.24) is 10.2 Å². The van der Waals surface area contributed by atoms with Crippen LogP contribution >= 0.6 is 0 Å². The number of carbonyl (C=O) groups excluding carboxylic acids is 2. The molecule has 0 saturated carbocycles. The van der Waals surface area contributed by atoms with Gasteiger partial charge in [-0.2, -0.15) is 0 Å².